The van der Waals surface area contributed by atoms with E-state index in [1.165, 1.54) is 5.57 Å². The number of rotatable bonds is 12. The van der Waals surface area contributed by atoms with Crippen molar-refractivity contribution in [1.82, 2.24) is 0 Å². The standard InChI is InChI=1S/C28H44O5Si/c1-22-17-19-31-25(20-22)15-16-27(33-34(6,7)28(2,3)4)26(10-8-9-18-29)32-21-23-11-13-24(30-5)14-12-23/h8-9,11-17,25-27,29H,10,18-21H2,1-7H3. The van der Waals surface area contributed by atoms with Crippen molar-refractivity contribution in [2.75, 3.05) is 20.3 Å². The zero-order valence-electron chi connectivity index (χ0n) is 22.0. The van der Waals surface area contributed by atoms with Crippen LogP contribution in [0.1, 0.15) is 46.1 Å². The summed E-state index contributed by atoms with van der Waals surface area (Å²) in [5, 5.41) is 9.34. The smallest absolute Gasteiger partial charge is 0.193 e. The van der Waals surface area contributed by atoms with E-state index in [1.54, 1.807) is 13.2 Å². The van der Waals surface area contributed by atoms with Crippen molar-refractivity contribution in [1.29, 1.82) is 0 Å². The molecule has 0 saturated heterocycles. The van der Waals surface area contributed by atoms with Crippen molar-refractivity contribution in [3.63, 3.8) is 0 Å². The Hall–Kier alpha value is -1.70. The molecule has 1 N–H and O–H groups in total. The van der Waals surface area contributed by atoms with Gasteiger partial charge in [0.1, 0.15) is 5.75 Å². The van der Waals surface area contributed by atoms with Crippen molar-refractivity contribution in [2.24, 2.45) is 0 Å². The first kappa shape index (κ1) is 28.5. The summed E-state index contributed by atoms with van der Waals surface area (Å²) in [5.74, 6) is 0.824. The predicted molar refractivity (Wildman–Crippen MR) is 142 cm³/mol. The van der Waals surface area contributed by atoms with Crippen LogP contribution in [0.5, 0.6) is 5.75 Å². The Labute approximate surface area is 207 Å². The molecule has 0 aromatic heterocycles. The molecular formula is C28H44O5Si. The molecule has 1 aliphatic heterocycles. The van der Waals surface area contributed by atoms with Gasteiger partial charge in [0.05, 0.1) is 45.2 Å². The third-order valence-electron chi connectivity index (χ3n) is 6.65. The van der Waals surface area contributed by atoms with Gasteiger partial charge in [0, 0.05) is 0 Å². The molecule has 1 aromatic rings. The Kier molecular flexibility index (Phi) is 11.2. The number of ether oxygens (including phenoxy) is 3. The summed E-state index contributed by atoms with van der Waals surface area (Å²) in [6.07, 6.45) is 11.3. The molecule has 0 fully saturated rings. The van der Waals surface area contributed by atoms with Gasteiger partial charge in [-0.05, 0) is 55.6 Å². The highest BCUT2D eigenvalue weighted by Gasteiger charge is 2.40. The highest BCUT2D eigenvalue weighted by Crippen LogP contribution is 2.38. The van der Waals surface area contributed by atoms with Crippen LogP contribution in [0.4, 0.5) is 0 Å². The lowest BCUT2D eigenvalue weighted by Gasteiger charge is -2.40. The minimum atomic E-state index is -2.07. The second-order valence-corrected chi connectivity index (χ2v) is 15.2. The van der Waals surface area contributed by atoms with Crippen molar-refractivity contribution in [3.05, 3.63) is 65.8 Å². The Balaban J connectivity index is 2.26. The van der Waals surface area contributed by atoms with Crippen molar-refractivity contribution >= 4 is 8.32 Å². The van der Waals surface area contributed by atoms with Gasteiger partial charge in [-0.15, -0.1) is 0 Å². The molecule has 0 radical (unpaired) electrons. The molecule has 3 unspecified atom stereocenters. The van der Waals surface area contributed by atoms with Crippen LogP contribution in [0.25, 0.3) is 0 Å². The fourth-order valence-electron chi connectivity index (χ4n) is 3.41. The van der Waals surface area contributed by atoms with Crippen LogP contribution in [0.15, 0.2) is 60.2 Å². The number of aliphatic hydroxyl groups is 1. The minimum Gasteiger partial charge on any atom is -0.497 e. The van der Waals surface area contributed by atoms with Gasteiger partial charge in [-0.1, -0.05) is 68.9 Å². The summed E-state index contributed by atoms with van der Waals surface area (Å²) >= 11 is 0. The Morgan fingerprint density at radius 1 is 1.18 bits per heavy atom. The Bertz CT molecular complexity index is 820. The van der Waals surface area contributed by atoms with Crippen molar-refractivity contribution in [2.45, 2.75) is 83.6 Å². The normalized spacial score (nSPS) is 19.4. The lowest BCUT2D eigenvalue weighted by atomic mass is 10.0. The van der Waals surface area contributed by atoms with Gasteiger partial charge >= 0.3 is 0 Å². The molecule has 0 bridgehead atoms. The van der Waals surface area contributed by atoms with Gasteiger partial charge in [0.15, 0.2) is 8.32 Å². The van der Waals surface area contributed by atoms with E-state index in [-0.39, 0.29) is 30.0 Å². The summed E-state index contributed by atoms with van der Waals surface area (Å²) in [6.45, 7) is 14.5. The van der Waals surface area contributed by atoms with Crippen LogP contribution in [0.2, 0.25) is 18.1 Å². The van der Waals surface area contributed by atoms with E-state index in [9.17, 15) is 5.11 Å². The van der Waals surface area contributed by atoms with Gasteiger partial charge in [0.2, 0.25) is 0 Å². The predicted octanol–water partition coefficient (Wildman–Crippen LogP) is 6.20. The third-order valence-corrected chi connectivity index (χ3v) is 11.1. The van der Waals surface area contributed by atoms with E-state index >= 15 is 0 Å². The Morgan fingerprint density at radius 3 is 2.47 bits per heavy atom. The van der Waals surface area contributed by atoms with E-state index in [0.717, 1.165) is 17.7 Å². The number of aliphatic hydroxyl groups excluding tert-OH is 1. The average Bonchev–Trinajstić information content (AvgIpc) is 2.78. The average molecular weight is 489 g/mol. The first-order chi connectivity index (χ1) is 16.1. The molecule has 1 heterocycles. The fourth-order valence-corrected chi connectivity index (χ4v) is 4.68. The lowest BCUT2D eigenvalue weighted by Crippen LogP contribution is -2.47. The molecule has 0 amide bonds. The van der Waals surface area contributed by atoms with Crippen LogP contribution in [0.3, 0.4) is 0 Å². The molecule has 0 aliphatic carbocycles. The second-order valence-electron chi connectivity index (χ2n) is 10.4. The van der Waals surface area contributed by atoms with Gasteiger partial charge in [0.25, 0.3) is 0 Å². The molecular weight excluding hydrogens is 444 g/mol. The molecule has 5 nitrogen and oxygen atoms in total. The van der Waals surface area contributed by atoms with E-state index in [1.807, 2.05) is 30.3 Å². The molecule has 1 aliphatic rings. The number of hydrogen-bond donors (Lipinski definition) is 1. The topological polar surface area (TPSA) is 57.2 Å². The zero-order chi connectivity index (χ0) is 25.2. The number of benzene rings is 1. The highest BCUT2D eigenvalue weighted by atomic mass is 28.4. The fraction of sp³-hybridized carbons (Fsp3) is 0.571. The summed E-state index contributed by atoms with van der Waals surface area (Å²) in [5.41, 5.74) is 2.42. The van der Waals surface area contributed by atoms with Gasteiger partial charge in [-0.2, -0.15) is 0 Å². The maximum Gasteiger partial charge on any atom is 0.193 e. The first-order valence-electron chi connectivity index (χ1n) is 12.2. The van der Waals surface area contributed by atoms with Crippen molar-refractivity contribution in [3.8, 4) is 5.75 Å². The SMILES string of the molecule is COc1ccc(COC(CC=CCO)C(C=CC2CC(C)=CCO2)O[Si](C)(C)C(C)(C)C)cc1. The third kappa shape index (κ3) is 9.15. The molecule has 34 heavy (non-hydrogen) atoms. The van der Waals surface area contributed by atoms with Crippen LogP contribution in [0, 0.1) is 0 Å². The largest absolute Gasteiger partial charge is 0.497 e. The number of hydrogen-bond acceptors (Lipinski definition) is 5. The van der Waals surface area contributed by atoms with E-state index in [2.05, 4.69) is 59.0 Å². The quantitative estimate of drug-likeness (QED) is 0.280. The summed E-state index contributed by atoms with van der Waals surface area (Å²) in [4.78, 5) is 0. The van der Waals surface area contributed by atoms with Crippen molar-refractivity contribution < 1.29 is 23.7 Å². The van der Waals surface area contributed by atoms with E-state index in [0.29, 0.717) is 19.6 Å². The first-order valence-corrected chi connectivity index (χ1v) is 15.1. The summed E-state index contributed by atoms with van der Waals surface area (Å²) < 4.78 is 24.5. The maximum atomic E-state index is 9.27. The molecule has 3 atom stereocenters. The highest BCUT2D eigenvalue weighted by molar-refractivity contribution is 6.74. The molecule has 1 aromatic carbocycles. The molecule has 0 spiro atoms. The van der Waals surface area contributed by atoms with Gasteiger partial charge in [-0.25, -0.2) is 0 Å². The van der Waals surface area contributed by atoms with Gasteiger partial charge in [-0.3, -0.25) is 0 Å². The maximum absolute atomic E-state index is 9.27. The lowest BCUT2D eigenvalue weighted by molar-refractivity contribution is -0.0203. The van der Waals surface area contributed by atoms with E-state index in [4.69, 9.17) is 18.6 Å². The molecule has 2 rings (SSSR count). The Morgan fingerprint density at radius 2 is 1.88 bits per heavy atom. The molecule has 6 heteroatoms. The van der Waals surface area contributed by atoms with Crippen LogP contribution < -0.4 is 4.74 Å². The van der Waals surface area contributed by atoms with Crippen LogP contribution in [-0.4, -0.2) is 52.1 Å². The molecule has 0 saturated carbocycles. The minimum absolute atomic E-state index is 0.0102. The summed E-state index contributed by atoms with van der Waals surface area (Å²) in [6, 6.07) is 7.92. The van der Waals surface area contributed by atoms with E-state index < -0.39 is 8.32 Å². The second kappa shape index (κ2) is 13.4. The monoisotopic (exact) mass is 488 g/mol. The summed E-state index contributed by atoms with van der Waals surface area (Å²) in [7, 11) is -0.408. The van der Waals surface area contributed by atoms with Crippen LogP contribution >= 0.6 is 0 Å². The van der Waals surface area contributed by atoms with Gasteiger partial charge < -0.3 is 23.7 Å². The zero-order valence-corrected chi connectivity index (χ0v) is 23.0. The number of methoxy groups -OCH3 is 1. The molecule has 190 valence electrons. The van der Waals surface area contributed by atoms with Crippen LogP contribution in [-0.2, 0) is 20.5 Å².